The molecule has 9 heteroatoms. The molecule has 0 bridgehead atoms. The van der Waals surface area contributed by atoms with Crippen molar-refractivity contribution in [2.24, 2.45) is 0 Å². The number of carbonyl (C=O) groups is 1. The van der Waals surface area contributed by atoms with E-state index in [2.05, 4.69) is 15.0 Å². The van der Waals surface area contributed by atoms with E-state index in [-0.39, 0.29) is 36.4 Å². The minimum Gasteiger partial charge on any atom is -0.490 e. The molecule has 4 rings (SSSR count). The zero-order chi connectivity index (χ0) is 22.6. The average molecular weight is 450 g/mol. The third-order valence-corrected chi connectivity index (χ3v) is 5.54. The Morgan fingerprint density at radius 1 is 1.09 bits per heavy atom. The van der Waals surface area contributed by atoms with Crippen LogP contribution in [-0.2, 0) is 11.3 Å². The number of nitrogens with zero attached hydrogens (tertiary/aromatic N) is 1. The van der Waals surface area contributed by atoms with Gasteiger partial charge in [0.2, 0.25) is 5.91 Å². The van der Waals surface area contributed by atoms with Crippen LogP contribution in [0.25, 0.3) is 0 Å². The fourth-order valence-electron chi connectivity index (χ4n) is 4.09. The molecule has 172 valence electrons. The number of nitrogens with one attached hydrogen (secondary N) is 1. The second-order valence-corrected chi connectivity index (χ2v) is 7.82. The molecule has 1 atom stereocenters. The maximum Gasteiger partial charge on any atom is 0.573 e. The maximum absolute atomic E-state index is 12.6. The number of ether oxygens (including phenoxy) is 3. The quantitative estimate of drug-likeness (QED) is 0.715. The van der Waals surface area contributed by atoms with Gasteiger partial charge in [-0.15, -0.1) is 13.2 Å². The first kappa shape index (κ1) is 22.3. The van der Waals surface area contributed by atoms with E-state index < -0.39 is 6.36 Å². The van der Waals surface area contributed by atoms with Gasteiger partial charge in [0.1, 0.15) is 5.75 Å². The smallest absolute Gasteiger partial charge is 0.490 e. The van der Waals surface area contributed by atoms with Gasteiger partial charge < -0.3 is 19.5 Å². The Labute approximate surface area is 184 Å². The van der Waals surface area contributed by atoms with Gasteiger partial charge in [0.25, 0.3) is 0 Å². The van der Waals surface area contributed by atoms with Crippen molar-refractivity contribution < 1.29 is 32.2 Å². The van der Waals surface area contributed by atoms with Crippen molar-refractivity contribution in [1.82, 2.24) is 10.2 Å². The maximum atomic E-state index is 12.6. The Hall–Kier alpha value is -2.94. The van der Waals surface area contributed by atoms with E-state index in [0.29, 0.717) is 13.2 Å². The number of benzene rings is 2. The number of hydrogen-bond acceptors (Lipinski definition) is 5. The SMILES string of the molecule is O=C(CN1CCCC1c1ccc2c(c1)OCCCO2)NCc1ccccc1OC(F)(F)F. The first-order valence-electron chi connectivity index (χ1n) is 10.6. The lowest BCUT2D eigenvalue weighted by atomic mass is 10.0. The van der Waals surface area contributed by atoms with E-state index in [1.54, 1.807) is 6.07 Å². The molecule has 1 fully saturated rings. The summed E-state index contributed by atoms with van der Waals surface area (Å²) in [5.41, 5.74) is 1.32. The number of para-hydroxylation sites is 1. The molecule has 1 unspecified atom stereocenters. The van der Waals surface area contributed by atoms with E-state index in [0.717, 1.165) is 42.9 Å². The average Bonchev–Trinajstić information content (AvgIpc) is 3.07. The molecule has 1 N–H and O–H groups in total. The second kappa shape index (κ2) is 9.68. The molecule has 2 aromatic carbocycles. The summed E-state index contributed by atoms with van der Waals surface area (Å²) in [6.07, 6.45) is -2.09. The summed E-state index contributed by atoms with van der Waals surface area (Å²) in [6, 6.07) is 11.7. The van der Waals surface area contributed by atoms with Gasteiger partial charge >= 0.3 is 6.36 Å². The normalized spacial score (nSPS) is 18.8. The van der Waals surface area contributed by atoms with Crippen LogP contribution in [0.2, 0.25) is 0 Å². The predicted octanol–water partition coefficient (Wildman–Crippen LogP) is 4.20. The fourth-order valence-corrected chi connectivity index (χ4v) is 4.09. The van der Waals surface area contributed by atoms with Crippen LogP contribution in [0.4, 0.5) is 13.2 Å². The van der Waals surface area contributed by atoms with E-state index in [1.807, 2.05) is 18.2 Å². The van der Waals surface area contributed by atoms with Crippen LogP contribution >= 0.6 is 0 Å². The molecule has 1 saturated heterocycles. The van der Waals surface area contributed by atoms with Gasteiger partial charge in [-0.2, -0.15) is 0 Å². The molecule has 0 saturated carbocycles. The molecule has 0 aromatic heterocycles. The molecule has 32 heavy (non-hydrogen) atoms. The first-order chi connectivity index (χ1) is 15.4. The second-order valence-electron chi connectivity index (χ2n) is 7.82. The van der Waals surface area contributed by atoms with Crippen LogP contribution in [0.3, 0.4) is 0 Å². The van der Waals surface area contributed by atoms with E-state index in [4.69, 9.17) is 9.47 Å². The lowest BCUT2D eigenvalue weighted by Crippen LogP contribution is -2.36. The van der Waals surface area contributed by atoms with Crippen molar-refractivity contribution in [3.63, 3.8) is 0 Å². The van der Waals surface area contributed by atoms with Crippen molar-refractivity contribution in [2.45, 2.75) is 38.2 Å². The van der Waals surface area contributed by atoms with Crippen LogP contribution in [0.1, 0.15) is 36.4 Å². The van der Waals surface area contributed by atoms with Crippen molar-refractivity contribution in [3.8, 4) is 17.2 Å². The molecule has 0 spiro atoms. The minimum absolute atomic E-state index is 0.0480. The van der Waals surface area contributed by atoms with Crippen molar-refractivity contribution >= 4 is 5.91 Å². The monoisotopic (exact) mass is 450 g/mol. The highest BCUT2D eigenvalue weighted by Gasteiger charge is 2.32. The Morgan fingerprint density at radius 3 is 2.69 bits per heavy atom. The summed E-state index contributed by atoms with van der Waals surface area (Å²) in [7, 11) is 0. The van der Waals surface area contributed by atoms with E-state index >= 15 is 0 Å². The summed E-state index contributed by atoms with van der Waals surface area (Å²) in [5, 5.41) is 2.71. The molecule has 2 heterocycles. The van der Waals surface area contributed by atoms with Crippen molar-refractivity contribution in [2.75, 3.05) is 26.3 Å². The summed E-state index contributed by atoms with van der Waals surface area (Å²) in [6.45, 7) is 2.10. The Bertz CT molecular complexity index is 951. The van der Waals surface area contributed by atoms with Gasteiger partial charge in [0.15, 0.2) is 11.5 Å². The summed E-state index contributed by atoms with van der Waals surface area (Å²) in [4.78, 5) is 14.6. The molecule has 1 amide bonds. The summed E-state index contributed by atoms with van der Waals surface area (Å²) < 4.78 is 53.3. The van der Waals surface area contributed by atoms with Gasteiger partial charge in [-0.3, -0.25) is 9.69 Å². The number of hydrogen-bond donors (Lipinski definition) is 1. The number of alkyl halides is 3. The van der Waals surface area contributed by atoms with Gasteiger partial charge in [-0.1, -0.05) is 24.3 Å². The number of halogens is 3. The molecule has 2 aliphatic rings. The van der Waals surface area contributed by atoms with Crippen molar-refractivity contribution in [1.29, 1.82) is 0 Å². The van der Waals surface area contributed by atoms with Crippen LogP contribution < -0.4 is 19.5 Å². The van der Waals surface area contributed by atoms with Gasteiger partial charge in [-0.25, -0.2) is 0 Å². The zero-order valence-corrected chi connectivity index (χ0v) is 17.5. The minimum atomic E-state index is -4.79. The molecular weight excluding hydrogens is 425 g/mol. The van der Waals surface area contributed by atoms with Crippen LogP contribution in [0, 0.1) is 0 Å². The van der Waals surface area contributed by atoms with Gasteiger partial charge in [0.05, 0.1) is 19.8 Å². The summed E-state index contributed by atoms with van der Waals surface area (Å²) >= 11 is 0. The highest BCUT2D eigenvalue weighted by atomic mass is 19.4. The molecule has 0 aliphatic carbocycles. The molecule has 2 aliphatic heterocycles. The predicted molar refractivity (Wildman–Crippen MR) is 111 cm³/mol. The third kappa shape index (κ3) is 5.64. The van der Waals surface area contributed by atoms with Gasteiger partial charge in [-0.05, 0) is 43.1 Å². The number of rotatable bonds is 6. The fraction of sp³-hybridized carbons (Fsp3) is 0.435. The molecule has 6 nitrogen and oxygen atoms in total. The number of likely N-dealkylation sites (tertiary alicyclic amines) is 1. The lowest BCUT2D eigenvalue weighted by Gasteiger charge is -2.25. The number of fused-ring (bicyclic) bond motifs is 1. The number of carbonyl (C=O) groups excluding carboxylic acids is 1. The van der Waals surface area contributed by atoms with Crippen LogP contribution in [0.5, 0.6) is 17.2 Å². The van der Waals surface area contributed by atoms with E-state index in [1.165, 1.54) is 18.2 Å². The van der Waals surface area contributed by atoms with Crippen LogP contribution in [0.15, 0.2) is 42.5 Å². The van der Waals surface area contributed by atoms with E-state index in [9.17, 15) is 18.0 Å². The molecule has 0 radical (unpaired) electrons. The zero-order valence-electron chi connectivity index (χ0n) is 17.5. The lowest BCUT2D eigenvalue weighted by molar-refractivity contribution is -0.274. The highest BCUT2D eigenvalue weighted by Crippen LogP contribution is 2.37. The largest absolute Gasteiger partial charge is 0.573 e. The molecular formula is C23H25F3N2O4. The Morgan fingerprint density at radius 2 is 1.88 bits per heavy atom. The summed E-state index contributed by atoms with van der Waals surface area (Å²) in [5.74, 6) is 0.880. The first-order valence-corrected chi connectivity index (χ1v) is 10.6. The topological polar surface area (TPSA) is 60.0 Å². The number of amides is 1. The Kier molecular flexibility index (Phi) is 6.74. The third-order valence-electron chi connectivity index (χ3n) is 5.54. The molecule has 2 aromatic rings. The van der Waals surface area contributed by atoms with Crippen LogP contribution in [-0.4, -0.2) is 43.5 Å². The standard InChI is InChI=1S/C23H25F3N2O4/c24-23(25,26)32-19-7-2-1-5-17(19)14-27-22(29)15-28-10-3-6-18(28)16-8-9-20-21(13-16)31-12-4-11-30-20/h1-2,5,7-9,13,18H,3-4,6,10-12,14-15H2,(H,27,29). The van der Waals surface area contributed by atoms with Gasteiger partial charge in [0, 0.05) is 24.6 Å². The highest BCUT2D eigenvalue weighted by molar-refractivity contribution is 5.78. The van der Waals surface area contributed by atoms with Crippen molar-refractivity contribution in [3.05, 3.63) is 53.6 Å². The Balaban J connectivity index is 1.37.